The van der Waals surface area contributed by atoms with E-state index in [2.05, 4.69) is 10.3 Å². The van der Waals surface area contributed by atoms with E-state index in [1.807, 2.05) is 20.0 Å². The van der Waals surface area contributed by atoms with E-state index in [1.165, 1.54) is 11.8 Å². The summed E-state index contributed by atoms with van der Waals surface area (Å²) in [5.74, 6) is 0. The fraction of sp³-hybridized carbons (Fsp3) is 0.500. The Kier molecular flexibility index (Phi) is 6.27. The summed E-state index contributed by atoms with van der Waals surface area (Å²) in [5.41, 5.74) is 0.598. The molecule has 1 fully saturated rings. The van der Waals surface area contributed by atoms with Gasteiger partial charge in [0.2, 0.25) is 10.0 Å². The summed E-state index contributed by atoms with van der Waals surface area (Å²) in [6, 6.07) is 6.49. The van der Waals surface area contributed by atoms with Gasteiger partial charge < -0.3 is 0 Å². The number of amidine groups is 1. The van der Waals surface area contributed by atoms with Gasteiger partial charge in [-0.05, 0) is 57.2 Å². The lowest BCUT2D eigenvalue weighted by Crippen LogP contribution is -2.47. The van der Waals surface area contributed by atoms with Crippen LogP contribution in [0.4, 0.5) is 5.69 Å². The summed E-state index contributed by atoms with van der Waals surface area (Å²) in [7, 11) is -3.51. The topological polar surface area (TPSA) is 85.6 Å². The molecule has 1 aromatic carbocycles. The van der Waals surface area contributed by atoms with Gasteiger partial charge >= 0.3 is 0 Å². The molecule has 0 spiro atoms. The van der Waals surface area contributed by atoms with Crippen molar-refractivity contribution in [2.75, 3.05) is 6.26 Å². The molecule has 6 nitrogen and oxygen atoms in total. The molecule has 24 heavy (non-hydrogen) atoms. The summed E-state index contributed by atoms with van der Waals surface area (Å²) in [6.45, 7) is 3.92. The normalized spacial score (nSPS) is 22.8. The van der Waals surface area contributed by atoms with Gasteiger partial charge in [-0.25, -0.2) is 13.4 Å². The lowest BCUT2D eigenvalue weighted by Gasteiger charge is -2.37. The molecule has 130 valence electrons. The van der Waals surface area contributed by atoms with E-state index in [0.717, 1.165) is 19.3 Å². The fourth-order valence-electron chi connectivity index (χ4n) is 2.98. The van der Waals surface area contributed by atoms with E-state index in [9.17, 15) is 8.42 Å². The maximum Gasteiger partial charge on any atom is 0.243 e. The van der Waals surface area contributed by atoms with E-state index in [-0.39, 0.29) is 17.0 Å². The van der Waals surface area contributed by atoms with Crippen molar-refractivity contribution in [2.45, 2.75) is 50.1 Å². The molecule has 0 amide bonds. The molecule has 0 bridgehead atoms. The molecule has 1 aliphatic heterocycles. The molecule has 1 saturated heterocycles. The first-order valence-electron chi connectivity index (χ1n) is 7.81. The Bertz CT molecular complexity index is 728. The van der Waals surface area contributed by atoms with Crippen molar-refractivity contribution in [3.8, 4) is 6.19 Å². The van der Waals surface area contributed by atoms with Crippen molar-refractivity contribution in [1.82, 2.24) is 9.62 Å². The average Bonchev–Trinajstić information content (AvgIpc) is 2.54. The van der Waals surface area contributed by atoms with Crippen molar-refractivity contribution in [3.63, 3.8) is 0 Å². The Balaban J connectivity index is 2.28. The molecule has 0 saturated carbocycles. The second-order valence-electron chi connectivity index (χ2n) is 5.82. The molecule has 1 N–H and O–H groups in total. The average molecular weight is 367 g/mol. The molecule has 2 unspecified atom stereocenters. The number of hydrogen-bond donors (Lipinski definition) is 1. The molecule has 2 rings (SSSR count). The Morgan fingerprint density at radius 3 is 2.38 bits per heavy atom. The Hall–Kier alpha value is -1.56. The third kappa shape index (κ3) is 4.09. The van der Waals surface area contributed by atoms with Gasteiger partial charge in [0.05, 0.1) is 10.6 Å². The second-order valence-corrected chi connectivity index (χ2v) is 8.45. The molecule has 1 aliphatic rings. The molecule has 2 atom stereocenters. The molecular weight excluding hydrogens is 344 g/mol. The Morgan fingerprint density at radius 2 is 1.88 bits per heavy atom. The maximum atomic E-state index is 12.9. The monoisotopic (exact) mass is 366 g/mol. The van der Waals surface area contributed by atoms with Crippen LogP contribution in [0.25, 0.3) is 0 Å². The first kappa shape index (κ1) is 18.8. The second kappa shape index (κ2) is 8.01. The smallest absolute Gasteiger partial charge is 0.243 e. The van der Waals surface area contributed by atoms with Crippen LogP contribution in [0.3, 0.4) is 0 Å². The molecular formula is C16H22N4O2S2. The Morgan fingerprint density at radius 1 is 1.29 bits per heavy atom. The lowest BCUT2D eigenvalue weighted by atomic mass is 10.0. The standard InChI is InChI=1S/C16H22N4O2S2/c1-12-5-4-6-13(2)20(12)24(21,22)15-9-7-14(8-10-15)19-16(23-3)18-11-17/h7-10,12-13H,4-6H2,1-3H3,(H,18,19). The summed E-state index contributed by atoms with van der Waals surface area (Å²) >= 11 is 1.31. The van der Waals surface area contributed by atoms with E-state index in [4.69, 9.17) is 5.26 Å². The zero-order valence-corrected chi connectivity index (χ0v) is 15.7. The van der Waals surface area contributed by atoms with E-state index in [1.54, 1.807) is 34.8 Å². The number of aliphatic imine (C=N–C) groups is 1. The number of hydrogen-bond acceptors (Lipinski definition) is 5. The minimum atomic E-state index is -3.51. The highest BCUT2D eigenvalue weighted by molar-refractivity contribution is 8.13. The predicted octanol–water partition coefficient (Wildman–Crippen LogP) is 3.06. The van der Waals surface area contributed by atoms with Crippen LogP contribution in [0.5, 0.6) is 0 Å². The van der Waals surface area contributed by atoms with Gasteiger partial charge in [-0.1, -0.05) is 18.2 Å². The van der Waals surface area contributed by atoms with Gasteiger partial charge in [-0.15, -0.1) is 0 Å². The molecule has 1 aromatic rings. The number of rotatable bonds is 3. The van der Waals surface area contributed by atoms with Crippen molar-refractivity contribution in [3.05, 3.63) is 24.3 Å². The van der Waals surface area contributed by atoms with Gasteiger partial charge in [0.1, 0.15) is 0 Å². The number of nitriles is 1. The minimum Gasteiger partial charge on any atom is -0.271 e. The van der Waals surface area contributed by atoms with Crippen LogP contribution in [0.15, 0.2) is 34.2 Å². The zero-order chi connectivity index (χ0) is 17.7. The highest BCUT2D eigenvalue weighted by Crippen LogP contribution is 2.30. The van der Waals surface area contributed by atoms with Gasteiger partial charge in [0.15, 0.2) is 11.4 Å². The molecule has 1 heterocycles. The van der Waals surface area contributed by atoms with Crippen LogP contribution in [0.2, 0.25) is 0 Å². The fourth-order valence-corrected chi connectivity index (χ4v) is 5.20. The van der Waals surface area contributed by atoms with Crippen LogP contribution in [-0.2, 0) is 10.0 Å². The van der Waals surface area contributed by atoms with Crippen LogP contribution in [0, 0.1) is 11.5 Å². The third-order valence-corrected chi connectivity index (χ3v) is 6.83. The highest BCUT2D eigenvalue weighted by atomic mass is 32.2. The summed E-state index contributed by atoms with van der Waals surface area (Å²) in [6.07, 6.45) is 6.47. The number of nitrogens with one attached hydrogen (secondary N) is 1. The van der Waals surface area contributed by atoms with Gasteiger partial charge in [0.25, 0.3) is 0 Å². The summed E-state index contributed by atoms with van der Waals surface area (Å²) < 4.78 is 27.5. The summed E-state index contributed by atoms with van der Waals surface area (Å²) in [4.78, 5) is 4.55. The van der Waals surface area contributed by atoms with E-state index < -0.39 is 10.0 Å². The number of nitrogens with zero attached hydrogens (tertiary/aromatic N) is 3. The SMILES string of the molecule is CSC(=Nc1ccc(S(=O)(=O)N2C(C)CCCC2C)cc1)NC#N. The molecule has 0 aliphatic carbocycles. The van der Waals surface area contributed by atoms with Crippen LogP contribution in [0.1, 0.15) is 33.1 Å². The molecule has 0 aromatic heterocycles. The lowest BCUT2D eigenvalue weighted by molar-refractivity contribution is 0.204. The van der Waals surface area contributed by atoms with Crippen LogP contribution < -0.4 is 5.32 Å². The van der Waals surface area contributed by atoms with Gasteiger partial charge in [-0.2, -0.15) is 9.57 Å². The number of sulfonamides is 1. The highest BCUT2D eigenvalue weighted by Gasteiger charge is 2.35. The van der Waals surface area contributed by atoms with Crippen molar-refractivity contribution >= 4 is 32.6 Å². The largest absolute Gasteiger partial charge is 0.271 e. The number of benzene rings is 1. The quantitative estimate of drug-likeness (QED) is 0.384. The predicted molar refractivity (Wildman–Crippen MR) is 97.6 cm³/mol. The van der Waals surface area contributed by atoms with Crippen LogP contribution in [-0.4, -0.2) is 36.2 Å². The summed E-state index contributed by atoms with van der Waals surface area (Å²) in [5, 5.41) is 11.6. The molecule has 8 heteroatoms. The van der Waals surface area contributed by atoms with E-state index >= 15 is 0 Å². The minimum absolute atomic E-state index is 0.0133. The van der Waals surface area contributed by atoms with Gasteiger partial charge in [0, 0.05) is 12.1 Å². The van der Waals surface area contributed by atoms with Crippen LogP contribution >= 0.6 is 11.8 Å². The maximum absolute atomic E-state index is 12.9. The zero-order valence-electron chi connectivity index (χ0n) is 14.1. The number of thioether (sulfide) groups is 1. The van der Waals surface area contributed by atoms with Crippen molar-refractivity contribution < 1.29 is 8.42 Å². The number of piperidine rings is 1. The Labute approximate surface area is 148 Å². The first-order chi connectivity index (χ1) is 11.4. The first-order valence-corrected chi connectivity index (χ1v) is 10.5. The van der Waals surface area contributed by atoms with Gasteiger partial charge in [-0.3, -0.25) is 5.32 Å². The van der Waals surface area contributed by atoms with E-state index in [0.29, 0.717) is 10.9 Å². The third-order valence-electron chi connectivity index (χ3n) is 4.11. The van der Waals surface area contributed by atoms with Crippen molar-refractivity contribution in [2.24, 2.45) is 4.99 Å². The van der Waals surface area contributed by atoms with Crippen molar-refractivity contribution in [1.29, 1.82) is 5.26 Å². The molecule has 0 radical (unpaired) electrons.